The third kappa shape index (κ3) is 4.59. The van der Waals surface area contributed by atoms with E-state index in [1.807, 2.05) is 12.2 Å². The molecule has 1 nitrogen and oxygen atoms in total. The van der Waals surface area contributed by atoms with Crippen LogP contribution in [0.1, 0.15) is 39.3 Å². The molecule has 0 bridgehead atoms. The van der Waals surface area contributed by atoms with Gasteiger partial charge in [-0.25, -0.2) is 4.98 Å². The second-order valence-electron chi connectivity index (χ2n) is 4.23. The van der Waals surface area contributed by atoms with Crippen LogP contribution in [-0.4, -0.2) is 4.98 Å². The van der Waals surface area contributed by atoms with E-state index in [9.17, 15) is 0 Å². The summed E-state index contributed by atoms with van der Waals surface area (Å²) in [5.74, 6) is 0. The average Bonchev–Trinajstić information content (AvgIpc) is 2.81. The Morgan fingerprint density at radius 2 is 2.26 bits per heavy atom. The minimum atomic E-state index is 0.919. The van der Waals surface area contributed by atoms with Gasteiger partial charge in [0.05, 0.1) is 5.69 Å². The maximum absolute atomic E-state index is 4.53. The fourth-order valence-corrected chi connectivity index (χ4v) is 2.96. The van der Waals surface area contributed by atoms with Gasteiger partial charge in [-0.1, -0.05) is 49.8 Å². The normalized spacial score (nSPS) is 13.8. The van der Waals surface area contributed by atoms with Crippen LogP contribution < -0.4 is 0 Å². The zero-order valence-electron chi connectivity index (χ0n) is 11.7. The van der Waals surface area contributed by atoms with Crippen molar-refractivity contribution in [3.63, 3.8) is 0 Å². The van der Waals surface area contributed by atoms with Gasteiger partial charge in [-0.05, 0) is 41.8 Å². The monoisotopic (exact) mass is 337 g/mol. The summed E-state index contributed by atoms with van der Waals surface area (Å²) in [6.45, 7) is 10.2. The van der Waals surface area contributed by atoms with Crippen molar-refractivity contribution >= 4 is 32.8 Å². The van der Waals surface area contributed by atoms with Crippen LogP contribution in [0.15, 0.2) is 51.3 Å². The van der Waals surface area contributed by atoms with Gasteiger partial charge in [0.1, 0.15) is 0 Å². The van der Waals surface area contributed by atoms with Crippen LogP contribution in [0.25, 0.3) is 5.57 Å². The third-order valence-corrected chi connectivity index (χ3v) is 4.18. The lowest BCUT2D eigenvalue weighted by Crippen LogP contribution is -1.93. The predicted octanol–water partition coefficient (Wildman–Crippen LogP) is 6.17. The van der Waals surface area contributed by atoms with E-state index in [4.69, 9.17) is 0 Å². The minimum absolute atomic E-state index is 0.919. The molecule has 0 amide bonds. The van der Waals surface area contributed by atoms with Crippen molar-refractivity contribution in [2.75, 3.05) is 0 Å². The Hall–Kier alpha value is -0.930. The van der Waals surface area contributed by atoms with Crippen LogP contribution in [-0.2, 0) is 0 Å². The summed E-state index contributed by atoms with van der Waals surface area (Å²) in [6.07, 6.45) is 10.3. The molecule has 0 unspecified atom stereocenters. The summed E-state index contributed by atoms with van der Waals surface area (Å²) in [5, 5.41) is 2.08. The summed E-state index contributed by atoms with van der Waals surface area (Å²) in [5.41, 5.74) is 4.85. The molecule has 0 radical (unpaired) electrons. The first-order valence-corrected chi connectivity index (χ1v) is 8.08. The van der Waals surface area contributed by atoms with Gasteiger partial charge < -0.3 is 0 Å². The maximum atomic E-state index is 4.53. The topological polar surface area (TPSA) is 12.9 Å². The predicted molar refractivity (Wildman–Crippen MR) is 90.4 cm³/mol. The molecule has 102 valence electrons. The molecule has 0 N–H and O–H groups in total. The molecule has 3 heteroatoms. The smallest absolute Gasteiger partial charge is 0.159 e. The molecule has 0 aliphatic carbocycles. The van der Waals surface area contributed by atoms with Crippen LogP contribution in [0.5, 0.6) is 0 Å². The second-order valence-corrected chi connectivity index (χ2v) is 6.36. The van der Waals surface area contributed by atoms with E-state index in [0.717, 1.165) is 22.5 Å². The Labute approximate surface area is 128 Å². The van der Waals surface area contributed by atoms with Crippen LogP contribution in [0.3, 0.4) is 0 Å². The average molecular weight is 338 g/mol. The molecule has 1 heterocycles. The number of nitrogens with zero attached hydrogens (tertiary/aromatic N) is 1. The van der Waals surface area contributed by atoms with Crippen molar-refractivity contribution in [2.45, 2.75) is 33.6 Å². The summed E-state index contributed by atoms with van der Waals surface area (Å²) >= 11 is 5.04. The van der Waals surface area contributed by atoms with Crippen molar-refractivity contribution in [3.8, 4) is 0 Å². The van der Waals surface area contributed by atoms with E-state index in [-0.39, 0.29) is 0 Å². The number of rotatable bonds is 6. The Morgan fingerprint density at radius 1 is 1.53 bits per heavy atom. The Morgan fingerprint density at radius 3 is 2.74 bits per heavy atom. The summed E-state index contributed by atoms with van der Waals surface area (Å²) in [7, 11) is 0. The minimum Gasteiger partial charge on any atom is -0.229 e. The van der Waals surface area contributed by atoms with Gasteiger partial charge in [0.15, 0.2) is 3.92 Å². The largest absolute Gasteiger partial charge is 0.229 e. The van der Waals surface area contributed by atoms with E-state index in [2.05, 4.69) is 65.8 Å². The van der Waals surface area contributed by atoms with Crippen molar-refractivity contribution in [3.05, 3.63) is 57.0 Å². The van der Waals surface area contributed by atoms with Gasteiger partial charge in [-0.15, -0.1) is 11.3 Å². The van der Waals surface area contributed by atoms with Gasteiger partial charge in [-0.2, -0.15) is 0 Å². The molecule has 0 aromatic carbocycles. The first-order chi connectivity index (χ1) is 9.13. The molecule has 0 atom stereocenters. The molecule has 0 aliphatic heterocycles. The van der Waals surface area contributed by atoms with Gasteiger partial charge in [-0.3, -0.25) is 0 Å². The van der Waals surface area contributed by atoms with Gasteiger partial charge in [0.25, 0.3) is 0 Å². The van der Waals surface area contributed by atoms with E-state index >= 15 is 0 Å². The van der Waals surface area contributed by atoms with Crippen LogP contribution >= 0.6 is 27.3 Å². The molecule has 1 rings (SSSR count). The number of thiazole rings is 1. The molecule has 0 spiro atoms. The van der Waals surface area contributed by atoms with E-state index in [0.29, 0.717) is 0 Å². The summed E-state index contributed by atoms with van der Waals surface area (Å²) < 4.78 is 0.919. The fraction of sp³-hybridized carbons (Fsp3) is 0.312. The highest BCUT2D eigenvalue weighted by Gasteiger charge is 2.11. The van der Waals surface area contributed by atoms with Crippen molar-refractivity contribution in [1.29, 1.82) is 0 Å². The van der Waals surface area contributed by atoms with Crippen molar-refractivity contribution in [1.82, 2.24) is 4.98 Å². The lowest BCUT2D eigenvalue weighted by atomic mass is 9.95. The Bertz CT molecular complexity index is 521. The molecular formula is C16H20BrNS. The zero-order valence-corrected chi connectivity index (χ0v) is 14.1. The third-order valence-electron chi connectivity index (χ3n) is 2.81. The van der Waals surface area contributed by atoms with Gasteiger partial charge >= 0.3 is 0 Å². The molecule has 19 heavy (non-hydrogen) atoms. The zero-order chi connectivity index (χ0) is 14.3. The lowest BCUT2D eigenvalue weighted by Gasteiger charge is -2.10. The maximum Gasteiger partial charge on any atom is 0.159 e. The Balaban J connectivity index is 3.26. The lowest BCUT2D eigenvalue weighted by molar-refractivity contribution is 0.900. The highest BCUT2D eigenvalue weighted by Crippen LogP contribution is 2.30. The number of halogens is 1. The highest BCUT2D eigenvalue weighted by atomic mass is 79.9. The van der Waals surface area contributed by atoms with Crippen LogP contribution in [0.2, 0.25) is 0 Å². The highest BCUT2D eigenvalue weighted by molar-refractivity contribution is 9.11. The molecule has 1 aromatic heterocycles. The molecular weight excluding hydrogens is 318 g/mol. The first kappa shape index (κ1) is 16.1. The number of allylic oxidation sites excluding steroid dienone is 7. The molecule has 0 aliphatic rings. The fourth-order valence-electron chi connectivity index (χ4n) is 1.95. The molecule has 1 aromatic rings. The van der Waals surface area contributed by atoms with Gasteiger partial charge in [0, 0.05) is 11.0 Å². The van der Waals surface area contributed by atoms with E-state index in [1.165, 1.54) is 16.7 Å². The summed E-state index contributed by atoms with van der Waals surface area (Å²) in [6, 6.07) is 0. The number of hydrogen-bond donors (Lipinski definition) is 0. The SMILES string of the molecule is C=C\C=C/C(=C(\C)CCC)C(=C\C)/c1csc(Br)n1. The first-order valence-electron chi connectivity index (χ1n) is 6.40. The number of aromatic nitrogens is 1. The molecule has 0 fully saturated rings. The quantitative estimate of drug-likeness (QED) is 0.565. The van der Waals surface area contributed by atoms with E-state index < -0.39 is 0 Å². The van der Waals surface area contributed by atoms with Gasteiger partial charge in [0.2, 0.25) is 0 Å². The van der Waals surface area contributed by atoms with Crippen LogP contribution in [0, 0.1) is 0 Å². The molecule has 0 saturated heterocycles. The second kappa shape index (κ2) is 8.28. The summed E-state index contributed by atoms with van der Waals surface area (Å²) in [4.78, 5) is 4.53. The van der Waals surface area contributed by atoms with Crippen molar-refractivity contribution < 1.29 is 0 Å². The van der Waals surface area contributed by atoms with Crippen molar-refractivity contribution in [2.24, 2.45) is 0 Å². The van der Waals surface area contributed by atoms with Crippen LogP contribution in [0.4, 0.5) is 0 Å². The number of hydrogen-bond acceptors (Lipinski definition) is 2. The molecule has 0 saturated carbocycles. The Kier molecular flexibility index (Phi) is 7.03. The standard InChI is InChI=1S/C16H20BrNS/c1-5-8-10-14(12(4)9-6-2)13(7-3)15-11-19-16(17)18-15/h5,7-8,10-11H,1,6,9H2,2-4H3/b10-8-,13-7+,14-12-. The van der Waals surface area contributed by atoms with E-state index in [1.54, 1.807) is 11.3 Å².